The zero-order valence-electron chi connectivity index (χ0n) is 17.1. The summed E-state index contributed by atoms with van der Waals surface area (Å²) in [4.78, 5) is 18.8. The van der Waals surface area contributed by atoms with Crippen molar-refractivity contribution < 1.29 is 14.3 Å². The van der Waals surface area contributed by atoms with E-state index in [1.807, 2.05) is 40.5 Å². The lowest BCUT2D eigenvalue weighted by Gasteiger charge is -2.40. The molecule has 0 bridgehead atoms. The van der Waals surface area contributed by atoms with Crippen LogP contribution in [0.25, 0.3) is 6.08 Å². The molecule has 1 aromatic carbocycles. The summed E-state index contributed by atoms with van der Waals surface area (Å²) in [6, 6.07) is 8.51. The fourth-order valence-corrected chi connectivity index (χ4v) is 5.15. The zero-order valence-corrected chi connectivity index (χ0v) is 17.9. The van der Waals surface area contributed by atoms with E-state index in [4.69, 9.17) is 9.47 Å². The maximum absolute atomic E-state index is 12.6. The summed E-state index contributed by atoms with van der Waals surface area (Å²) in [5, 5.41) is 2.21. The highest BCUT2D eigenvalue weighted by Gasteiger charge is 2.28. The number of rotatable bonds is 5. The molecule has 2 aromatic rings. The number of methoxy groups -OCH3 is 2. The average molecular weight is 413 g/mol. The van der Waals surface area contributed by atoms with Crippen molar-refractivity contribution in [3.8, 4) is 11.5 Å². The van der Waals surface area contributed by atoms with Crippen LogP contribution in [0, 0.1) is 0 Å². The van der Waals surface area contributed by atoms with Crippen LogP contribution in [0.2, 0.25) is 0 Å². The molecule has 0 N–H and O–H groups in total. The van der Waals surface area contributed by atoms with Gasteiger partial charge >= 0.3 is 0 Å². The van der Waals surface area contributed by atoms with Crippen LogP contribution in [0.4, 0.5) is 0 Å². The molecule has 1 aromatic heterocycles. The molecule has 29 heavy (non-hydrogen) atoms. The summed E-state index contributed by atoms with van der Waals surface area (Å²) in [6.07, 6.45) is 6.78. The predicted molar refractivity (Wildman–Crippen MR) is 117 cm³/mol. The Morgan fingerprint density at radius 1 is 1.10 bits per heavy atom. The molecule has 1 amide bonds. The second kappa shape index (κ2) is 9.01. The molecule has 0 spiro atoms. The van der Waals surface area contributed by atoms with Crippen LogP contribution in [0.3, 0.4) is 0 Å². The molecule has 4 rings (SSSR count). The van der Waals surface area contributed by atoms with E-state index in [2.05, 4.69) is 16.3 Å². The number of hydrogen-bond donors (Lipinski definition) is 0. The largest absolute Gasteiger partial charge is 0.493 e. The quantitative estimate of drug-likeness (QED) is 0.700. The number of carbonyl (C=O) groups excluding carboxylic acids is 1. The number of piperidine rings is 1. The Bertz CT molecular complexity index is 884. The molecule has 2 aliphatic heterocycles. The van der Waals surface area contributed by atoms with E-state index in [1.165, 1.54) is 12.0 Å². The van der Waals surface area contributed by atoms with Crippen LogP contribution < -0.4 is 9.47 Å². The third kappa shape index (κ3) is 4.49. The molecule has 0 unspecified atom stereocenters. The van der Waals surface area contributed by atoms with Gasteiger partial charge in [0.2, 0.25) is 5.91 Å². The first kappa shape index (κ1) is 20.0. The van der Waals surface area contributed by atoms with E-state index >= 15 is 0 Å². The van der Waals surface area contributed by atoms with Crippen molar-refractivity contribution in [2.75, 3.05) is 33.9 Å². The molecular formula is C23H28N2O3S. The summed E-state index contributed by atoms with van der Waals surface area (Å²) in [7, 11) is 3.23. The van der Waals surface area contributed by atoms with Gasteiger partial charge in [-0.2, -0.15) is 0 Å². The van der Waals surface area contributed by atoms with Gasteiger partial charge in [0.05, 0.1) is 14.2 Å². The molecule has 154 valence electrons. The van der Waals surface area contributed by atoms with Gasteiger partial charge in [0, 0.05) is 43.2 Å². The smallest absolute Gasteiger partial charge is 0.246 e. The molecule has 0 aliphatic carbocycles. The summed E-state index contributed by atoms with van der Waals surface area (Å²) in [5.74, 6) is 1.43. The van der Waals surface area contributed by atoms with Crippen molar-refractivity contribution in [3.05, 3.63) is 51.7 Å². The highest BCUT2D eigenvalue weighted by molar-refractivity contribution is 7.10. The lowest BCUT2D eigenvalue weighted by Crippen LogP contribution is -2.47. The number of benzene rings is 1. The Morgan fingerprint density at radius 2 is 1.90 bits per heavy atom. The van der Waals surface area contributed by atoms with Crippen LogP contribution in [-0.2, 0) is 17.8 Å². The third-order valence-electron chi connectivity index (χ3n) is 5.96. The van der Waals surface area contributed by atoms with Crippen LogP contribution in [0.15, 0.2) is 35.7 Å². The molecule has 5 nitrogen and oxygen atoms in total. The first-order valence-electron chi connectivity index (χ1n) is 10.2. The second-order valence-corrected chi connectivity index (χ2v) is 8.59. The van der Waals surface area contributed by atoms with Gasteiger partial charge in [0.25, 0.3) is 0 Å². The molecule has 0 radical (unpaired) electrons. The summed E-state index contributed by atoms with van der Waals surface area (Å²) in [6.45, 7) is 3.86. The molecule has 1 saturated heterocycles. The molecule has 0 atom stereocenters. The monoisotopic (exact) mass is 412 g/mol. The van der Waals surface area contributed by atoms with Crippen LogP contribution in [0.1, 0.15) is 28.8 Å². The number of likely N-dealkylation sites (tertiary alicyclic amines) is 1. The highest BCUT2D eigenvalue weighted by atomic mass is 32.1. The van der Waals surface area contributed by atoms with Gasteiger partial charge in [-0.05, 0) is 60.0 Å². The number of fused-ring (bicyclic) bond motifs is 1. The Kier molecular flexibility index (Phi) is 6.21. The Hall–Kier alpha value is -2.31. The molecule has 6 heteroatoms. The Balaban J connectivity index is 1.31. The standard InChI is InChI=1S/C23H28N2O3S/c1-27-20-5-3-17(15-21(20)28-2)4-6-23(26)24-11-7-19(8-12-24)25-13-9-22-18(16-25)10-14-29-22/h3-6,10,14-15,19H,7-9,11-13,16H2,1-2H3/b6-4+. The lowest BCUT2D eigenvalue weighted by atomic mass is 9.99. The van der Waals surface area contributed by atoms with Crippen molar-refractivity contribution in [1.29, 1.82) is 0 Å². The van der Waals surface area contributed by atoms with Crippen LogP contribution in [0.5, 0.6) is 11.5 Å². The van der Waals surface area contributed by atoms with Gasteiger partial charge in [-0.25, -0.2) is 0 Å². The third-order valence-corrected chi connectivity index (χ3v) is 6.98. The summed E-state index contributed by atoms with van der Waals surface area (Å²) >= 11 is 1.88. The first-order chi connectivity index (χ1) is 14.2. The minimum absolute atomic E-state index is 0.0806. The van der Waals surface area contributed by atoms with E-state index in [1.54, 1.807) is 25.2 Å². The minimum Gasteiger partial charge on any atom is -0.493 e. The Morgan fingerprint density at radius 3 is 2.66 bits per heavy atom. The van der Waals surface area contributed by atoms with E-state index in [9.17, 15) is 4.79 Å². The topological polar surface area (TPSA) is 42.0 Å². The molecular weight excluding hydrogens is 384 g/mol. The number of hydrogen-bond acceptors (Lipinski definition) is 5. The van der Waals surface area contributed by atoms with Crippen LogP contribution in [-0.4, -0.2) is 55.6 Å². The number of nitrogens with zero attached hydrogens (tertiary/aromatic N) is 2. The van der Waals surface area contributed by atoms with Gasteiger partial charge in [-0.15, -0.1) is 11.3 Å². The zero-order chi connectivity index (χ0) is 20.2. The maximum atomic E-state index is 12.6. The van der Waals surface area contributed by atoms with Crippen LogP contribution >= 0.6 is 11.3 Å². The normalized spacial score (nSPS) is 18.1. The minimum atomic E-state index is 0.0806. The van der Waals surface area contributed by atoms with E-state index < -0.39 is 0 Å². The van der Waals surface area contributed by atoms with Gasteiger partial charge < -0.3 is 14.4 Å². The van der Waals surface area contributed by atoms with E-state index in [-0.39, 0.29) is 5.91 Å². The van der Waals surface area contributed by atoms with Crippen molar-refractivity contribution >= 4 is 23.3 Å². The van der Waals surface area contributed by atoms with Crippen molar-refractivity contribution in [3.63, 3.8) is 0 Å². The lowest BCUT2D eigenvalue weighted by molar-refractivity contribution is -0.127. The predicted octanol–water partition coefficient (Wildman–Crippen LogP) is 3.83. The fourth-order valence-electron chi connectivity index (χ4n) is 4.26. The maximum Gasteiger partial charge on any atom is 0.246 e. The van der Waals surface area contributed by atoms with Crippen molar-refractivity contribution in [1.82, 2.24) is 9.80 Å². The number of amides is 1. The first-order valence-corrected chi connectivity index (χ1v) is 11.0. The highest BCUT2D eigenvalue weighted by Crippen LogP contribution is 2.29. The molecule has 1 fully saturated rings. The number of ether oxygens (including phenoxy) is 2. The van der Waals surface area contributed by atoms with E-state index in [0.717, 1.165) is 44.6 Å². The summed E-state index contributed by atoms with van der Waals surface area (Å²) in [5.41, 5.74) is 2.42. The Labute approximate surface area is 176 Å². The number of carbonyl (C=O) groups is 1. The fraction of sp³-hybridized carbons (Fsp3) is 0.435. The van der Waals surface area contributed by atoms with Crippen molar-refractivity contribution in [2.24, 2.45) is 0 Å². The average Bonchev–Trinajstić information content (AvgIpc) is 3.25. The summed E-state index contributed by atoms with van der Waals surface area (Å²) < 4.78 is 10.6. The van der Waals surface area contributed by atoms with E-state index in [0.29, 0.717) is 17.5 Å². The second-order valence-electron chi connectivity index (χ2n) is 7.59. The molecule has 2 aliphatic rings. The van der Waals surface area contributed by atoms with Crippen molar-refractivity contribution in [2.45, 2.75) is 31.8 Å². The number of thiophene rings is 1. The molecule has 0 saturated carbocycles. The SMILES string of the molecule is COc1ccc(/C=C/C(=O)N2CCC(N3CCc4sccc4C3)CC2)cc1OC. The van der Waals surface area contributed by atoms with Gasteiger partial charge in [0.15, 0.2) is 11.5 Å². The molecule has 3 heterocycles. The van der Waals surface area contributed by atoms with Gasteiger partial charge in [0.1, 0.15) is 0 Å². The van der Waals surface area contributed by atoms with Gasteiger partial charge in [-0.1, -0.05) is 6.07 Å². The van der Waals surface area contributed by atoms with Gasteiger partial charge in [-0.3, -0.25) is 9.69 Å².